The van der Waals surface area contributed by atoms with Crippen LogP contribution in [0.25, 0.3) is 0 Å². The number of hydrogen-bond acceptors (Lipinski definition) is 1. The van der Waals surface area contributed by atoms with E-state index in [9.17, 15) is 0 Å². The van der Waals surface area contributed by atoms with Crippen LogP contribution in [0.2, 0.25) is 0 Å². The summed E-state index contributed by atoms with van der Waals surface area (Å²) in [6.07, 6.45) is 8.60. The first-order chi connectivity index (χ1) is 4.31. The van der Waals surface area contributed by atoms with Crippen LogP contribution in [0.1, 0.15) is 26.2 Å². The first-order valence-electron chi connectivity index (χ1n) is 3.75. The molecule has 1 atom stereocenters. The van der Waals surface area contributed by atoms with Crippen LogP contribution < -0.4 is 0 Å². The maximum absolute atomic E-state index is 2.48. The van der Waals surface area contributed by atoms with E-state index in [1.54, 1.807) is 0 Å². The first-order valence-corrected chi connectivity index (χ1v) is 3.75. The summed E-state index contributed by atoms with van der Waals surface area (Å²) >= 11 is 0. The van der Waals surface area contributed by atoms with Gasteiger partial charge in [-0.2, -0.15) is 0 Å². The van der Waals surface area contributed by atoms with Crippen molar-refractivity contribution in [3.8, 4) is 0 Å². The van der Waals surface area contributed by atoms with E-state index in [1.807, 2.05) is 0 Å². The highest BCUT2D eigenvalue weighted by Gasteiger charge is 2.36. The molecule has 1 nitrogen and oxygen atoms in total. The summed E-state index contributed by atoms with van der Waals surface area (Å²) in [5.74, 6) is 0. The van der Waals surface area contributed by atoms with Gasteiger partial charge in [-0.3, -0.25) is 0 Å². The third-order valence-corrected chi connectivity index (χ3v) is 2.65. The van der Waals surface area contributed by atoms with E-state index in [2.05, 4.69) is 24.1 Å². The van der Waals surface area contributed by atoms with Crippen molar-refractivity contribution in [2.24, 2.45) is 0 Å². The predicted molar refractivity (Wildman–Crippen MR) is 38.1 cm³/mol. The van der Waals surface area contributed by atoms with Crippen molar-refractivity contribution in [1.82, 2.24) is 4.90 Å². The van der Waals surface area contributed by atoms with E-state index >= 15 is 0 Å². The molecule has 2 rings (SSSR count). The van der Waals surface area contributed by atoms with Crippen LogP contribution in [0.3, 0.4) is 0 Å². The number of rotatable bonds is 0. The molecular weight excluding hydrogens is 110 g/mol. The Labute approximate surface area is 56.4 Å². The normalized spacial score (nSPS) is 39.9. The SMILES string of the molecule is CC12CC=CN1CCC2. The molecule has 0 aromatic rings. The molecule has 2 aliphatic heterocycles. The number of hydrogen-bond donors (Lipinski definition) is 0. The van der Waals surface area contributed by atoms with Crippen LogP contribution >= 0.6 is 0 Å². The predicted octanol–water partition coefficient (Wildman–Crippen LogP) is 1.76. The third-order valence-electron chi connectivity index (χ3n) is 2.65. The van der Waals surface area contributed by atoms with Gasteiger partial charge in [0, 0.05) is 12.1 Å². The largest absolute Gasteiger partial charge is 0.372 e. The molecule has 1 saturated heterocycles. The zero-order valence-electron chi connectivity index (χ0n) is 5.93. The Kier molecular flexibility index (Phi) is 0.904. The minimum Gasteiger partial charge on any atom is -0.372 e. The Morgan fingerprint density at radius 3 is 3.22 bits per heavy atom. The highest BCUT2D eigenvalue weighted by Crippen LogP contribution is 2.36. The highest BCUT2D eigenvalue weighted by molar-refractivity contribution is 5.08. The summed E-state index contributed by atoms with van der Waals surface area (Å²) in [6.45, 7) is 3.65. The molecule has 9 heavy (non-hydrogen) atoms. The second-order valence-electron chi connectivity index (χ2n) is 3.38. The molecule has 0 saturated carbocycles. The lowest BCUT2D eigenvalue weighted by molar-refractivity contribution is 0.252. The Morgan fingerprint density at radius 2 is 2.44 bits per heavy atom. The Hall–Kier alpha value is -0.460. The summed E-state index contributed by atoms with van der Waals surface area (Å²) in [7, 11) is 0. The topological polar surface area (TPSA) is 3.24 Å². The van der Waals surface area contributed by atoms with Gasteiger partial charge in [0.15, 0.2) is 0 Å². The van der Waals surface area contributed by atoms with Crippen molar-refractivity contribution < 1.29 is 0 Å². The van der Waals surface area contributed by atoms with Gasteiger partial charge in [0.1, 0.15) is 0 Å². The average Bonchev–Trinajstić information content (AvgIpc) is 2.22. The van der Waals surface area contributed by atoms with Crippen molar-refractivity contribution in [2.45, 2.75) is 31.7 Å². The van der Waals surface area contributed by atoms with Crippen molar-refractivity contribution in [3.63, 3.8) is 0 Å². The van der Waals surface area contributed by atoms with Crippen LogP contribution in [0.5, 0.6) is 0 Å². The molecule has 2 heterocycles. The van der Waals surface area contributed by atoms with Crippen molar-refractivity contribution in [2.75, 3.05) is 6.54 Å². The summed E-state index contributed by atoms with van der Waals surface area (Å²) in [4.78, 5) is 2.48. The molecule has 1 heteroatoms. The van der Waals surface area contributed by atoms with E-state index in [0.717, 1.165) is 0 Å². The smallest absolute Gasteiger partial charge is 0.0404 e. The van der Waals surface area contributed by atoms with Crippen molar-refractivity contribution in [3.05, 3.63) is 12.3 Å². The van der Waals surface area contributed by atoms with E-state index in [0.29, 0.717) is 5.54 Å². The maximum atomic E-state index is 2.48. The Bertz CT molecular complexity index is 151. The summed E-state index contributed by atoms with van der Waals surface area (Å²) in [6, 6.07) is 0. The number of nitrogens with zero attached hydrogens (tertiary/aromatic N) is 1. The van der Waals surface area contributed by atoms with Crippen LogP contribution in [0.4, 0.5) is 0 Å². The van der Waals surface area contributed by atoms with Crippen molar-refractivity contribution in [1.29, 1.82) is 0 Å². The van der Waals surface area contributed by atoms with Gasteiger partial charge in [-0.25, -0.2) is 0 Å². The van der Waals surface area contributed by atoms with E-state index in [4.69, 9.17) is 0 Å². The fourth-order valence-corrected chi connectivity index (χ4v) is 1.95. The molecule has 0 bridgehead atoms. The number of fused-ring (bicyclic) bond motifs is 1. The standard InChI is InChI=1S/C8H13N/c1-8-4-2-6-9(8)7-3-5-8/h2,6H,3-5,7H2,1H3. The van der Waals surface area contributed by atoms with Crippen LogP contribution in [0, 0.1) is 0 Å². The lowest BCUT2D eigenvalue weighted by atomic mass is 9.98. The molecule has 0 radical (unpaired) electrons. The van der Waals surface area contributed by atoms with Gasteiger partial charge in [0.2, 0.25) is 0 Å². The van der Waals surface area contributed by atoms with E-state index in [-0.39, 0.29) is 0 Å². The lowest BCUT2D eigenvalue weighted by Crippen LogP contribution is -2.32. The van der Waals surface area contributed by atoms with Crippen LogP contribution in [-0.2, 0) is 0 Å². The minimum absolute atomic E-state index is 0.528. The van der Waals surface area contributed by atoms with E-state index in [1.165, 1.54) is 25.8 Å². The van der Waals surface area contributed by atoms with Gasteiger partial charge in [0.25, 0.3) is 0 Å². The Balaban J connectivity index is 2.24. The van der Waals surface area contributed by atoms with Gasteiger partial charge in [0.05, 0.1) is 0 Å². The quantitative estimate of drug-likeness (QED) is 0.474. The molecule has 0 aliphatic carbocycles. The maximum Gasteiger partial charge on any atom is 0.0404 e. The minimum atomic E-state index is 0.528. The van der Waals surface area contributed by atoms with Crippen molar-refractivity contribution >= 4 is 0 Å². The second kappa shape index (κ2) is 1.53. The van der Waals surface area contributed by atoms with Gasteiger partial charge in [-0.05, 0) is 32.4 Å². The summed E-state index contributed by atoms with van der Waals surface area (Å²) < 4.78 is 0. The molecule has 0 amide bonds. The summed E-state index contributed by atoms with van der Waals surface area (Å²) in [5.41, 5.74) is 0.528. The van der Waals surface area contributed by atoms with Gasteiger partial charge >= 0.3 is 0 Å². The van der Waals surface area contributed by atoms with Gasteiger partial charge in [-0.1, -0.05) is 6.08 Å². The molecule has 0 N–H and O–H groups in total. The molecule has 0 spiro atoms. The molecular formula is C8H13N. The van der Waals surface area contributed by atoms with Crippen LogP contribution in [-0.4, -0.2) is 17.0 Å². The average molecular weight is 123 g/mol. The van der Waals surface area contributed by atoms with Crippen LogP contribution in [0.15, 0.2) is 12.3 Å². The molecule has 0 aromatic carbocycles. The second-order valence-corrected chi connectivity index (χ2v) is 3.38. The van der Waals surface area contributed by atoms with Gasteiger partial charge in [-0.15, -0.1) is 0 Å². The van der Waals surface area contributed by atoms with Gasteiger partial charge < -0.3 is 4.90 Å². The third kappa shape index (κ3) is 0.606. The zero-order chi connectivity index (χ0) is 6.32. The summed E-state index contributed by atoms with van der Waals surface area (Å²) in [5, 5.41) is 0. The molecule has 0 aromatic heterocycles. The zero-order valence-corrected chi connectivity index (χ0v) is 5.93. The molecule has 1 unspecified atom stereocenters. The highest BCUT2D eigenvalue weighted by atomic mass is 15.2. The monoisotopic (exact) mass is 123 g/mol. The molecule has 50 valence electrons. The fourth-order valence-electron chi connectivity index (χ4n) is 1.95. The molecule has 1 fully saturated rings. The first kappa shape index (κ1) is 5.33. The fraction of sp³-hybridized carbons (Fsp3) is 0.750. The molecule has 2 aliphatic rings. The van der Waals surface area contributed by atoms with E-state index < -0.39 is 0 Å². The Morgan fingerprint density at radius 1 is 1.56 bits per heavy atom. The lowest BCUT2D eigenvalue weighted by Gasteiger charge is -2.28.